The first-order valence-corrected chi connectivity index (χ1v) is 21.3. The molecular weight excluding hydrogens is 685 g/mol. The van der Waals surface area contributed by atoms with Crippen LogP contribution in [0.3, 0.4) is 0 Å². The van der Waals surface area contributed by atoms with Gasteiger partial charge in [0.25, 0.3) is 0 Å². The maximum atomic E-state index is 3.69. The Kier molecular flexibility index (Phi) is 15.3. The van der Waals surface area contributed by atoms with Crippen LogP contribution in [0.25, 0.3) is 0 Å². The molecule has 0 radical (unpaired) electrons. The topological polar surface area (TPSA) is 54.6 Å². The van der Waals surface area contributed by atoms with Crippen molar-refractivity contribution in [3.05, 3.63) is 177 Å². The molecule has 7 rings (SSSR count). The SMILES string of the molecule is Cc1ccc(C(c2cccc(CN3CCCNCc4cccc(c4)CNCCC3)c2)c2cccc(CN3CCCNCc4cccc(c4)CNCCC3)c2)cc1. The van der Waals surface area contributed by atoms with Crippen LogP contribution in [0.2, 0.25) is 0 Å². The Morgan fingerprint density at radius 3 is 1.20 bits per heavy atom. The minimum atomic E-state index is 0.171. The van der Waals surface area contributed by atoms with Gasteiger partial charge in [0, 0.05) is 45.2 Å². The lowest BCUT2D eigenvalue weighted by molar-refractivity contribution is 0.256. The summed E-state index contributed by atoms with van der Waals surface area (Å²) in [5, 5.41) is 14.8. The van der Waals surface area contributed by atoms with Gasteiger partial charge in [0.1, 0.15) is 0 Å². The average Bonchev–Trinajstić information content (AvgIpc) is 3.21. The van der Waals surface area contributed by atoms with E-state index in [4.69, 9.17) is 0 Å². The summed E-state index contributed by atoms with van der Waals surface area (Å²) in [6, 6.07) is 46.1. The van der Waals surface area contributed by atoms with E-state index in [1.807, 2.05) is 0 Å². The molecule has 6 heteroatoms. The van der Waals surface area contributed by atoms with Crippen molar-refractivity contribution in [3.63, 3.8) is 0 Å². The van der Waals surface area contributed by atoms with E-state index in [9.17, 15) is 0 Å². The summed E-state index contributed by atoms with van der Waals surface area (Å²) in [5.41, 5.74) is 13.7. The van der Waals surface area contributed by atoms with Gasteiger partial charge in [-0.3, -0.25) is 9.80 Å². The summed E-state index contributed by atoms with van der Waals surface area (Å²) < 4.78 is 0. The highest BCUT2D eigenvalue weighted by Gasteiger charge is 2.19. The van der Waals surface area contributed by atoms with Crippen molar-refractivity contribution in [2.24, 2.45) is 0 Å². The molecule has 0 atom stereocenters. The van der Waals surface area contributed by atoms with Crippen molar-refractivity contribution >= 4 is 0 Å². The lowest BCUT2D eigenvalue weighted by Gasteiger charge is -2.26. The van der Waals surface area contributed by atoms with Gasteiger partial charge in [-0.15, -0.1) is 0 Å². The Hall–Kier alpha value is -4.14. The first-order chi connectivity index (χ1) is 27.6. The second kappa shape index (κ2) is 21.4. The molecule has 2 aliphatic heterocycles. The van der Waals surface area contributed by atoms with Crippen LogP contribution in [-0.4, -0.2) is 62.2 Å². The van der Waals surface area contributed by atoms with Crippen LogP contribution >= 0.6 is 0 Å². The highest BCUT2D eigenvalue weighted by atomic mass is 15.1. The lowest BCUT2D eigenvalue weighted by Crippen LogP contribution is -2.30. The maximum absolute atomic E-state index is 3.69. The van der Waals surface area contributed by atoms with Crippen molar-refractivity contribution < 1.29 is 0 Å². The van der Waals surface area contributed by atoms with Gasteiger partial charge < -0.3 is 21.3 Å². The molecule has 5 aromatic carbocycles. The van der Waals surface area contributed by atoms with E-state index in [-0.39, 0.29) is 5.92 Å². The first-order valence-electron chi connectivity index (χ1n) is 21.3. The van der Waals surface area contributed by atoms with Crippen molar-refractivity contribution in [1.29, 1.82) is 0 Å². The molecule has 4 bridgehead atoms. The molecule has 0 spiro atoms. The summed E-state index contributed by atoms with van der Waals surface area (Å²) in [6.45, 7) is 16.4. The van der Waals surface area contributed by atoms with E-state index in [1.165, 1.54) is 55.6 Å². The fourth-order valence-electron chi connectivity index (χ4n) is 8.48. The standard InChI is InChI=1S/C50H64N6/c1-40-18-20-47(21-19-40)50(48-16-4-14-45(32-48)38-55-26-6-22-51-34-41-10-2-11-42(30-41)35-52-23-7-27-55)49-17-5-15-46(33-49)39-56-28-8-24-53-36-43-12-3-13-44(31-43)37-54-25-9-29-56/h2-5,10-21,30-33,50-54H,6-9,22-29,34-39H2,1H3. The Labute approximate surface area is 337 Å². The smallest absolute Gasteiger partial charge is 0.0340 e. The largest absolute Gasteiger partial charge is 0.313 e. The molecule has 5 aromatic rings. The summed E-state index contributed by atoms with van der Waals surface area (Å²) >= 11 is 0. The Morgan fingerprint density at radius 1 is 0.429 bits per heavy atom. The van der Waals surface area contributed by atoms with Crippen LogP contribution in [0.15, 0.2) is 121 Å². The molecule has 0 amide bonds. The van der Waals surface area contributed by atoms with Crippen LogP contribution in [0.5, 0.6) is 0 Å². The molecule has 0 aliphatic carbocycles. The molecule has 6 nitrogen and oxygen atoms in total. The van der Waals surface area contributed by atoms with E-state index < -0.39 is 0 Å². The number of aryl methyl sites for hydroxylation is 1. The maximum Gasteiger partial charge on any atom is 0.0340 e. The van der Waals surface area contributed by atoms with Gasteiger partial charge in [-0.25, -0.2) is 0 Å². The van der Waals surface area contributed by atoms with E-state index in [1.54, 1.807) is 0 Å². The molecule has 294 valence electrons. The van der Waals surface area contributed by atoms with Gasteiger partial charge in [-0.2, -0.15) is 0 Å². The number of rotatable bonds is 7. The van der Waals surface area contributed by atoms with Crippen LogP contribution in [0, 0.1) is 6.92 Å². The molecule has 2 aliphatic rings. The Balaban J connectivity index is 1.05. The van der Waals surface area contributed by atoms with Gasteiger partial charge in [0.2, 0.25) is 0 Å². The Bertz CT molecular complexity index is 1750. The molecular formula is C50H64N6. The summed E-state index contributed by atoms with van der Waals surface area (Å²) in [7, 11) is 0. The second-order valence-corrected chi connectivity index (χ2v) is 16.1. The highest BCUT2D eigenvalue weighted by Crippen LogP contribution is 2.33. The van der Waals surface area contributed by atoms with Crippen LogP contribution in [-0.2, 0) is 39.3 Å². The van der Waals surface area contributed by atoms with Gasteiger partial charge >= 0.3 is 0 Å². The number of benzene rings is 5. The molecule has 56 heavy (non-hydrogen) atoms. The second-order valence-electron chi connectivity index (χ2n) is 16.1. The zero-order chi connectivity index (χ0) is 38.2. The molecule has 0 unspecified atom stereocenters. The third-order valence-corrected chi connectivity index (χ3v) is 11.4. The fraction of sp³-hybridized carbons (Fsp3) is 0.400. The monoisotopic (exact) mass is 749 g/mol. The van der Waals surface area contributed by atoms with E-state index in [0.717, 1.165) is 117 Å². The fourth-order valence-corrected chi connectivity index (χ4v) is 8.48. The molecule has 0 saturated heterocycles. The van der Waals surface area contributed by atoms with Crippen LogP contribution in [0.4, 0.5) is 0 Å². The first kappa shape index (κ1) is 40.1. The molecule has 2 heterocycles. The number of fused-ring (bicyclic) bond motifs is 4. The number of hydrogen-bond acceptors (Lipinski definition) is 6. The van der Waals surface area contributed by atoms with Crippen molar-refractivity contribution in [2.45, 2.75) is 77.8 Å². The third-order valence-electron chi connectivity index (χ3n) is 11.4. The van der Waals surface area contributed by atoms with Crippen molar-refractivity contribution in [3.8, 4) is 0 Å². The molecule has 0 aromatic heterocycles. The van der Waals surface area contributed by atoms with Gasteiger partial charge in [0.05, 0.1) is 0 Å². The van der Waals surface area contributed by atoms with Crippen LogP contribution < -0.4 is 21.3 Å². The summed E-state index contributed by atoms with van der Waals surface area (Å²) in [6.07, 6.45) is 4.57. The van der Waals surface area contributed by atoms with Crippen molar-refractivity contribution in [1.82, 2.24) is 31.1 Å². The number of nitrogens with zero attached hydrogens (tertiary/aromatic N) is 2. The minimum absolute atomic E-state index is 0.171. The zero-order valence-corrected chi connectivity index (χ0v) is 33.7. The quantitative estimate of drug-likeness (QED) is 0.126. The van der Waals surface area contributed by atoms with E-state index in [0.29, 0.717) is 0 Å². The minimum Gasteiger partial charge on any atom is -0.313 e. The van der Waals surface area contributed by atoms with E-state index >= 15 is 0 Å². The number of hydrogen-bond donors (Lipinski definition) is 4. The molecule has 4 N–H and O–H groups in total. The number of nitrogens with one attached hydrogen (secondary N) is 4. The predicted molar refractivity (Wildman–Crippen MR) is 234 cm³/mol. The summed E-state index contributed by atoms with van der Waals surface area (Å²) in [5.74, 6) is 0.171. The molecule has 0 fully saturated rings. The Morgan fingerprint density at radius 2 is 0.804 bits per heavy atom. The van der Waals surface area contributed by atoms with E-state index in [2.05, 4.69) is 159 Å². The van der Waals surface area contributed by atoms with Gasteiger partial charge in [-0.05, 0) is 135 Å². The normalized spacial score (nSPS) is 17.5. The zero-order valence-electron chi connectivity index (χ0n) is 33.7. The van der Waals surface area contributed by atoms with Crippen LogP contribution in [0.1, 0.15) is 87.2 Å². The summed E-state index contributed by atoms with van der Waals surface area (Å²) in [4.78, 5) is 5.33. The highest BCUT2D eigenvalue weighted by molar-refractivity contribution is 5.46. The van der Waals surface area contributed by atoms with Gasteiger partial charge in [0.15, 0.2) is 0 Å². The predicted octanol–water partition coefficient (Wildman–Crippen LogP) is 8.13. The molecule has 0 saturated carbocycles. The van der Waals surface area contributed by atoms with Crippen molar-refractivity contribution in [2.75, 3.05) is 52.4 Å². The average molecular weight is 749 g/mol. The third kappa shape index (κ3) is 12.4. The lowest BCUT2D eigenvalue weighted by atomic mass is 9.83. The van der Waals surface area contributed by atoms with Gasteiger partial charge in [-0.1, -0.05) is 127 Å².